The van der Waals surface area contributed by atoms with Crippen molar-refractivity contribution >= 4 is 41.3 Å². The van der Waals surface area contributed by atoms with Gasteiger partial charge in [-0.05, 0) is 31.2 Å². The van der Waals surface area contributed by atoms with E-state index in [0.29, 0.717) is 6.54 Å². The van der Waals surface area contributed by atoms with E-state index in [2.05, 4.69) is 55.5 Å². The van der Waals surface area contributed by atoms with Gasteiger partial charge in [-0.3, -0.25) is 4.99 Å². The predicted molar refractivity (Wildman–Crippen MR) is 108 cm³/mol. The van der Waals surface area contributed by atoms with Crippen LogP contribution < -0.4 is 5.32 Å². The summed E-state index contributed by atoms with van der Waals surface area (Å²) in [6, 6.07) is 4.26. The molecule has 0 saturated heterocycles. The van der Waals surface area contributed by atoms with Gasteiger partial charge >= 0.3 is 0 Å². The van der Waals surface area contributed by atoms with Crippen LogP contribution in [-0.2, 0) is 6.42 Å². The number of hydrogen-bond acceptors (Lipinski definition) is 3. The molecule has 1 rings (SSSR count). The largest absolute Gasteiger partial charge is 0.396 e. The summed E-state index contributed by atoms with van der Waals surface area (Å²) in [7, 11) is 2.07. The molecule has 2 N–H and O–H groups in total. The Morgan fingerprint density at radius 1 is 1.45 bits per heavy atom. The Bertz CT molecular complexity index is 419. The number of guanidine groups is 1. The van der Waals surface area contributed by atoms with E-state index in [-0.39, 0.29) is 36.0 Å². The van der Waals surface area contributed by atoms with Crippen LogP contribution in [0, 0.1) is 5.41 Å². The van der Waals surface area contributed by atoms with Crippen molar-refractivity contribution in [2.24, 2.45) is 10.4 Å². The molecule has 1 aromatic heterocycles. The molecule has 1 unspecified atom stereocenters. The van der Waals surface area contributed by atoms with Crippen molar-refractivity contribution in [1.82, 2.24) is 10.2 Å². The molecule has 0 aliphatic carbocycles. The third kappa shape index (κ3) is 7.28. The fraction of sp³-hybridized carbons (Fsp3) is 0.688. The van der Waals surface area contributed by atoms with E-state index in [4.69, 9.17) is 4.99 Å². The number of rotatable bonds is 8. The highest BCUT2D eigenvalue weighted by atomic mass is 127. The van der Waals surface area contributed by atoms with Gasteiger partial charge in [-0.1, -0.05) is 19.9 Å². The van der Waals surface area contributed by atoms with E-state index in [1.54, 1.807) is 11.3 Å². The summed E-state index contributed by atoms with van der Waals surface area (Å²) in [5.74, 6) is 0.919. The molecule has 0 aliphatic rings. The lowest BCUT2D eigenvalue weighted by Gasteiger charge is -2.26. The summed E-state index contributed by atoms with van der Waals surface area (Å²) in [4.78, 5) is 8.26. The van der Waals surface area contributed by atoms with Crippen molar-refractivity contribution in [3.63, 3.8) is 0 Å². The topological polar surface area (TPSA) is 47.9 Å². The average molecular weight is 439 g/mol. The van der Waals surface area contributed by atoms with E-state index < -0.39 is 0 Å². The highest BCUT2D eigenvalue weighted by molar-refractivity contribution is 14.0. The quantitative estimate of drug-likeness (QED) is 0.372. The highest BCUT2D eigenvalue weighted by Gasteiger charge is 2.21. The number of aliphatic imine (C=N–C) groups is 1. The van der Waals surface area contributed by atoms with Crippen molar-refractivity contribution in [1.29, 1.82) is 0 Å². The molecule has 0 aromatic carbocycles. The normalized spacial score (nSPS) is 14.1. The maximum atomic E-state index is 9.49. The summed E-state index contributed by atoms with van der Waals surface area (Å²) in [5, 5.41) is 14.9. The Labute approximate surface area is 156 Å². The number of nitrogens with one attached hydrogen (secondary N) is 1. The minimum atomic E-state index is -0.130. The molecule has 4 nitrogen and oxygen atoms in total. The van der Waals surface area contributed by atoms with E-state index in [1.165, 1.54) is 4.88 Å². The molecule has 128 valence electrons. The Kier molecular flexibility index (Phi) is 11.1. The Balaban J connectivity index is 0.00000441. The lowest BCUT2D eigenvalue weighted by Crippen LogP contribution is -2.41. The summed E-state index contributed by atoms with van der Waals surface area (Å²) in [6.45, 7) is 8.86. The van der Waals surface area contributed by atoms with Gasteiger partial charge in [0, 0.05) is 30.4 Å². The zero-order valence-corrected chi connectivity index (χ0v) is 17.3. The molecule has 0 bridgehead atoms. The van der Waals surface area contributed by atoms with Gasteiger partial charge in [0.25, 0.3) is 0 Å². The summed E-state index contributed by atoms with van der Waals surface area (Å²) >= 11 is 1.79. The number of hydrogen-bond donors (Lipinski definition) is 2. The van der Waals surface area contributed by atoms with Crippen LogP contribution in [0.3, 0.4) is 0 Å². The van der Waals surface area contributed by atoms with E-state index >= 15 is 0 Å². The van der Waals surface area contributed by atoms with Crippen molar-refractivity contribution in [2.45, 2.75) is 33.6 Å². The van der Waals surface area contributed by atoms with Gasteiger partial charge < -0.3 is 15.3 Å². The highest BCUT2D eigenvalue weighted by Crippen LogP contribution is 2.20. The monoisotopic (exact) mass is 439 g/mol. The number of aliphatic hydroxyl groups is 1. The first kappa shape index (κ1) is 21.7. The van der Waals surface area contributed by atoms with Gasteiger partial charge in [-0.15, -0.1) is 35.3 Å². The fourth-order valence-corrected chi connectivity index (χ4v) is 2.55. The smallest absolute Gasteiger partial charge is 0.193 e. The van der Waals surface area contributed by atoms with Gasteiger partial charge in [-0.25, -0.2) is 0 Å². The molecule has 0 saturated carbocycles. The lowest BCUT2D eigenvalue weighted by molar-refractivity contribution is 0.145. The maximum Gasteiger partial charge on any atom is 0.193 e. The Hall–Kier alpha value is -0.340. The molecular weight excluding hydrogens is 409 g/mol. The second kappa shape index (κ2) is 11.2. The van der Waals surface area contributed by atoms with Crippen LogP contribution in [0.4, 0.5) is 0 Å². The first-order valence-corrected chi connectivity index (χ1v) is 8.55. The molecule has 0 spiro atoms. The molecule has 0 amide bonds. The number of likely N-dealkylation sites (N-methyl/N-ethyl adjacent to an activating group) is 1. The predicted octanol–water partition coefficient (Wildman–Crippen LogP) is 3.21. The summed E-state index contributed by atoms with van der Waals surface area (Å²) < 4.78 is 0. The maximum absolute atomic E-state index is 9.49. The van der Waals surface area contributed by atoms with Crippen molar-refractivity contribution < 1.29 is 5.11 Å². The second-order valence-corrected chi connectivity index (χ2v) is 6.78. The van der Waals surface area contributed by atoms with E-state index in [1.807, 2.05) is 0 Å². The zero-order chi connectivity index (χ0) is 15.7. The van der Waals surface area contributed by atoms with Crippen LogP contribution in [0.1, 0.15) is 32.1 Å². The van der Waals surface area contributed by atoms with Crippen LogP contribution in [-0.4, -0.2) is 49.3 Å². The Morgan fingerprint density at radius 2 is 2.18 bits per heavy atom. The second-order valence-electron chi connectivity index (χ2n) is 5.74. The number of nitrogens with zero attached hydrogens (tertiary/aromatic N) is 2. The van der Waals surface area contributed by atoms with Crippen LogP contribution in [0.2, 0.25) is 0 Å². The number of thiophene rings is 1. The van der Waals surface area contributed by atoms with Gasteiger partial charge in [-0.2, -0.15) is 0 Å². The molecule has 1 atom stereocenters. The van der Waals surface area contributed by atoms with Gasteiger partial charge in [0.05, 0.1) is 13.2 Å². The molecule has 22 heavy (non-hydrogen) atoms. The van der Waals surface area contributed by atoms with E-state index in [0.717, 1.165) is 31.9 Å². The van der Waals surface area contributed by atoms with Gasteiger partial charge in [0.2, 0.25) is 0 Å². The first-order chi connectivity index (χ1) is 10.0. The van der Waals surface area contributed by atoms with Crippen LogP contribution in [0.15, 0.2) is 22.5 Å². The van der Waals surface area contributed by atoms with Crippen LogP contribution >= 0.6 is 35.3 Å². The molecule has 0 radical (unpaired) electrons. The molecule has 1 heterocycles. The third-order valence-corrected chi connectivity index (χ3v) is 4.75. The van der Waals surface area contributed by atoms with E-state index in [9.17, 15) is 5.11 Å². The number of halogens is 1. The molecule has 6 heteroatoms. The summed E-state index contributed by atoms with van der Waals surface area (Å²) in [6.07, 6.45) is 1.95. The number of aliphatic hydroxyl groups excluding tert-OH is 1. The average Bonchev–Trinajstić information content (AvgIpc) is 3.02. The minimum absolute atomic E-state index is 0. The fourth-order valence-electron chi connectivity index (χ4n) is 1.85. The van der Waals surface area contributed by atoms with Crippen molar-refractivity contribution in [2.75, 3.05) is 33.3 Å². The molecule has 1 aromatic rings. The SMILES string of the molecule is CCNC(=NCC(C)(CC)CO)N(C)CCc1cccs1.I. The van der Waals surface area contributed by atoms with Gasteiger partial charge in [0.15, 0.2) is 5.96 Å². The van der Waals surface area contributed by atoms with Crippen LogP contribution in [0.5, 0.6) is 0 Å². The zero-order valence-electron chi connectivity index (χ0n) is 14.1. The minimum Gasteiger partial charge on any atom is -0.396 e. The first-order valence-electron chi connectivity index (χ1n) is 7.67. The summed E-state index contributed by atoms with van der Waals surface area (Å²) in [5.41, 5.74) is -0.130. The van der Waals surface area contributed by atoms with Crippen molar-refractivity contribution in [3.05, 3.63) is 22.4 Å². The standard InChI is InChI=1S/C16H29N3OS.HI/c1-5-16(3,13-20)12-18-15(17-6-2)19(4)10-9-14-8-7-11-21-14;/h7-8,11,20H,5-6,9-10,12-13H2,1-4H3,(H,17,18);1H. The lowest BCUT2D eigenvalue weighted by atomic mass is 9.89. The molecule has 0 aliphatic heterocycles. The third-order valence-electron chi connectivity index (χ3n) is 3.82. The van der Waals surface area contributed by atoms with Crippen LogP contribution in [0.25, 0.3) is 0 Å². The van der Waals surface area contributed by atoms with Gasteiger partial charge in [0.1, 0.15) is 0 Å². The molecular formula is C16H30IN3OS. The molecule has 0 fully saturated rings. The Morgan fingerprint density at radius 3 is 2.68 bits per heavy atom. The van der Waals surface area contributed by atoms with Crippen molar-refractivity contribution in [3.8, 4) is 0 Å².